The molecule has 2 aromatic carbocycles. The summed E-state index contributed by atoms with van der Waals surface area (Å²) in [5.41, 5.74) is 4.97. The maximum absolute atomic E-state index is 14.8. The molecule has 0 radical (unpaired) electrons. The van der Waals surface area contributed by atoms with Crippen molar-refractivity contribution in [2.45, 2.75) is 25.9 Å². The number of aryl methyl sites for hydroxylation is 1. The molecule has 36 heavy (non-hydrogen) atoms. The van der Waals surface area contributed by atoms with Crippen LogP contribution in [0.15, 0.2) is 72.9 Å². The van der Waals surface area contributed by atoms with Crippen molar-refractivity contribution in [1.29, 1.82) is 0 Å². The average Bonchev–Trinajstić information content (AvgIpc) is 3.39. The highest BCUT2D eigenvalue weighted by Gasteiger charge is 2.43. The average molecular weight is 503 g/mol. The number of rotatable bonds is 6. The van der Waals surface area contributed by atoms with Gasteiger partial charge in [0.25, 0.3) is 0 Å². The second kappa shape index (κ2) is 9.62. The number of halogens is 1. The Kier molecular flexibility index (Phi) is 6.36. The highest BCUT2D eigenvalue weighted by Crippen LogP contribution is 2.47. The van der Waals surface area contributed by atoms with E-state index in [4.69, 9.17) is 21.7 Å². The van der Waals surface area contributed by atoms with Gasteiger partial charge in [0.1, 0.15) is 17.3 Å². The van der Waals surface area contributed by atoms with Crippen LogP contribution in [0.5, 0.6) is 11.5 Å². The maximum Gasteiger partial charge on any atom is 0.174 e. The van der Waals surface area contributed by atoms with Crippen LogP contribution in [0.25, 0.3) is 5.69 Å². The van der Waals surface area contributed by atoms with Crippen LogP contribution in [0.4, 0.5) is 10.1 Å². The van der Waals surface area contributed by atoms with Gasteiger partial charge in [-0.25, -0.2) is 4.39 Å². The number of hydrogen-bond donors (Lipinski definition) is 1. The number of anilines is 1. The van der Waals surface area contributed by atoms with Crippen LogP contribution < -0.4 is 19.7 Å². The van der Waals surface area contributed by atoms with Crippen LogP contribution in [0.2, 0.25) is 0 Å². The Labute approximate surface area is 215 Å². The third-order valence-electron chi connectivity index (χ3n) is 6.63. The molecule has 1 aliphatic rings. The SMILES string of the molecule is COc1ccc(OC)c(N2C(=S)N[C@@H](c3ccccn3)[C@@H]2c2cc(C)n(-c3ccccc3F)c2C)c1. The monoisotopic (exact) mass is 502 g/mol. The Morgan fingerprint density at radius 2 is 1.72 bits per heavy atom. The van der Waals surface area contributed by atoms with Gasteiger partial charge in [-0.1, -0.05) is 18.2 Å². The van der Waals surface area contributed by atoms with Gasteiger partial charge in [-0.05, 0) is 74.1 Å². The maximum atomic E-state index is 14.8. The fourth-order valence-electron chi connectivity index (χ4n) is 5.01. The second-order valence-electron chi connectivity index (χ2n) is 8.65. The molecule has 0 aliphatic carbocycles. The molecule has 0 amide bonds. The number of para-hydroxylation sites is 1. The number of thiocarbonyl (C=S) groups is 1. The van der Waals surface area contributed by atoms with Crippen molar-refractivity contribution < 1.29 is 13.9 Å². The highest BCUT2D eigenvalue weighted by atomic mass is 32.1. The van der Waals surface area contributed by atoms with Crippen molar-refractivity contribution in [3.05, 3.63) is 101 Å². The molecular formula is C28H27FN4O2S. The lowest BCUT2D eigenvalue weighted by molar-refractivity contribution is 0.403. The molecule has 0 spiro atoms. The van der Waals surface area contributed by atoms with Crippen LogP contribution >= 0.6 is 12.2 Å². The normalized spacial score (nSPS) is 17.2. The number of benzene rings is 2. The first kappa shape index (κ1) is 23.8. The van der Waals surface area contributed by atoms with Gasteiger partial charge >= 0.3 is 0 Å². The van der Waals surface area contributed by atoms with Crippen LogP contribution in [0.3, 0.4) is 0 Å². The summed E-state index contributed by atoms with van der Waals surface area (Å²) in [7, 11) is 3.26. The van der Waals surface area contributed by atoms with Crippen molar-refractivity contribution >= 4 is 23.0 Å². The fraction of sp³-hybridized carbons (Fsp3) is 0.214. The zero-order chi connectivity index (χ0) is 25.4. The first-order valence-electron chi connectivity index (χ1n) is 11.6. The number of methoxy groups -OCH3 is 2. The fourth-order valence-corrected chi connectivity index (χ4v) is 5.35. The summed E-state index contributed by atoms with van der Waals surface area (Å²) in [6.45, 7) is 3.99. The second-order valence-corrected chi connectivity index (χ2v) is 9.03. The van der Waals surface area contributed by atoms with Gasteiger partial charge in [-0.3, -0.25) is 4.98 Å². The highest BCUT2D eigenvalue weighted by molar-refractivity contribution is 7.80. The molecule has 184 valence electrons. The van der Waals surface area contributed by atoms with E-state index in [0.717, 1.165) is 28.3 Å². The first-order chi connectivity index (χ1) is 17.4. The lowest BCUT2D eigenvalue weighted by atomic mass is 9.96. The number of nitrogens with zero attached hydrogens (tertiary/aromatic N) is 3. The minimum atomic E-state index is -0.279. The largest absolute Gasteiger partial charge is 0.497 e. The molecule has 2 aromatic heterocycles. The van der Waals surface area contributed by atoms with Gasteiger partial charge in [-0.2, -0.15) is 0 Å². The number of hydrogen-bond acceptors (Lipinski definition) is 4. The Balaban J connectivity index is 1.73. The van der Waals surface area contributed by atoms with E-state index < -0.39 is 0 Å². The Morgan fingerprint density at radius 1 is 0.944 bits per heavy atom. The van der Waals surface area contributed by atoms with Crippen molar-refractivity contribution in [2.24, 2.45) is 0 Å². The molecule has 0 unspecified atom stereocenters. The molecule has 5 rings (SSSR count). The summed E-state index contributed by atoms with van der Waals surface area (Å²) in [6, 6.07) is 19.8. The molecular weight excluding hydrogens is 475 g/mol. The van der Waals surface area contributed by atoms with Gasteiger partial charge in [0, 0.05) is 23.7 Å². The topological polar surface area (TPSA) is 51.6 Å². The van der Waals surface area contributed by atoms with E-state index >= 15 is 0 Å². The standard InChI is InChI=1S/C28H27FN4O2S/c1-17-15-20(18(2)32(17)23-11-6-5-9-21(23)29)27-26(22-10-7-8-14-30-22)31-28(36)33(27)24-16-19(34-3)12-13-25(24)35-4/h5-16,26-27H,1-4H3,(H,31,36)/t26-,27-/m0/s1. The lowest BCUT2D eigenvalue weighted by Gasteiger charge is -2.29. The van der Waals surface area contributed by atoms with Crippen LogP contribution in [-0.4, -0.2) is 28.9 Å². The van der Waals surface area contributed by atoms with Gasteiger partial charge in [0.15, 0.2) is 5.11 Å². The number of nitrogens with one attached hydrogen (secondary N) is 1. The Hall–Kier alpha value is -3.91. The molecule has 3 heterocycles. The van der Waals surface area contributed by atoms with Crippen molar-refractivity contribution in [3.63, 3.8) is 0 Å². The zero-order valence-electron chi connectivity index (χ0n) is 20.5. The predicted molar refractivity (Wildman–Crippen MR) is 143 cm³/mol. The number of ether oxygens (including phenoxy) is 2. The van der Waals surface area contributed by atoms with Crippen molar-refractivity contribution in [2.75, 3.05) is 19.1 Å². The van der Waals surface area contributed by atoms with Crippen LogP contribution in [0, 0.1) is 19.7 Å². The molecule has 2 atom stereocenters. The van der Waals surface area contributed by atoms with Gasteiger partial charge in [0.2, 0.25) is 0 Å². The molecule has 1 fully saturated rings. The smallest absolute Gasteiger partial charge is 0.174 e. The Bertz CT molecular complexity index is 1420. The Morgan fingerprint density at radius 3 is 2.42 bits per heavy atom. The minimum absolute atomic E-state index is 0.246. The number of pyridine rings is 1. The van der Waals surface area contributed by atoms with Gasteiger partial charge in [0.05, 0.1) is 43.4 Å². The van der Waals surface area contributed by atoms with Gasteiger partial charge in [-0.15, -0.1) is 0 Å². The molecule has 1 aliphatic heterocycles. The summed E-state index contributed by atoms with van der Waals surface area (Å²) >= 11 is 5.88. The van der Waals surface area contributed by atoms with E-state index in [9.17, 15) is 4.39 Å². The van der Waals surface area contributed by atoms with E-state index in [2.05, 4.69) is 16.4 Å². The van der Waals surface area contributed by atoms with Crippen molar-refractivity contribution in [1.82, 2.24) is 14.9 Å². The molecule has 6 nitrogen and oxygen atoms in total. The third kappa shape index (κ3) is 3.97. The number of aromatic nitrogens is 2. The molecule has 0 saturated carbocycles. The predicted octanol–water partition coefficient (Wildman–Crippen LogP) is 5.82. The summed E-state index contributed by atoms with van der Waals surface area (Å²) < 4.78 is 28.0. The van der Waals surface area contributed by atoms with Crippen LogP contribution in [-0.2, 0) is 0 Å². The summed E-state index contributed by atoms with van der Waals surface area (Å²) in [6.07, 6.45) is 1.77. The van der Waals surface area contributed by atoms with Crippen LogP contribution in [0.1, 0.15) is 34.7 Å². The first-order valence-corrected chi connectivity index (χ1v) is 12.0. The van der Waals surface area contributed by atoms with E-state index in [1.54, 1.807) is 32.5 Å². The van der Waals surface area contributed by atoms with Crippen molar-refractivity contribution in [3.8, 4) is 17.2 Å². The van der Waals surface area contributed by atoms with E-state index in [1.165, 1.54) is 6.07 Å². The minimum Gasteiger partial charge on any atom is -0.497 e. The molecule has 0 bridgehead atoms. The molecule has 8 heteroatoms. The molecule has 1 N–H and O–H groups in total. The van der Waals surface area contributed by atoms with E-state index in [1.807, 2.05) is 65.8 Å². The third-order valence-corrected chi connectivity index (χ3v) is 6.94. The molecule has 1 saturated heterocycles. The van der Waals surface area contributed by atoms with E-state index in [0.29, 0.717) is 22.3 Å². The zero-order valence-corrected chi connectivity index (χ0v) is 21.3. The summed E-state index contributed by atoms with van der Waals surface area (Å²) in [4.78, 5) is 6.68. The van der Waals surface area contributed by atoms with E-state index in [-0.39, 0.29) is 17.9 Å². The lowest BCUT2D eigenvalue weighted by Crippen LogP contribution is -2.30. The summed E-state index contributed by atoms with van der Waals surface area (Å²) in [5, 5.41) is 4.02. The quantitative estimate of drug-likeness (QED) is 0.335. The summed E-state index contributed by atoms with van der Waals surface area (Å²) in [5.74, 6) is 1.07. The molecule has 4 aromatic rings. The van der Waals surface area contributed by atoms with Gasteiger partial charge < -0.3 is 24.3 Å².